The van der Waals surface area contributed by atoms with Crippen LogP contribution in [0, 0.1) is 0 Å². The van der Waals surface area contributed by atoms with Crippen LogP contribution in [0.5, 0.6) is 0 Å². The van der Waals surface area contributed by atoms with Crippen molar-refractivity contribution in [3.05, 3.63) is 36.7 Å². The molecule has 1 rings (SSSR count). The number of aromatic nitrogens is 1. The first-order chi connectivity index (χ1) is 7.69. The molecule has 17 heavy (non-hydrogen) atoms. The van der Waals surface area contributed by atoms with E-state index < -0.39 is 0 Å². The van der Waals surface area contributed by atoms with Gasteiger partial charge in [0.15, 0.2) is 5.96 Å². The highest BCUT2D eigenvalue weighted by Crippen LogP contribution is 2.03. The summed E-state index contributed by atoms with van der Waals surface area (Å²) >= 11 is 0. The van der Waals surface area contributed by atoms with E-state index in [1.165, 1.54) is 5.69 Å². The van der Waals surface area contributed by atoms with Gasteiger partial charge in [-0.2, -0.15) is 0 Å². The van der Waals surface area contributed by atoms with Gasteiger partial charge in [0.25, 0.3) is 0 Å². The molecule has 0 radical (unpaired) electrons. The van der Waals surface area contributed by atoms with Gasteiger partial charge >= 0.3 is 0 Å². The highest BCUT2D eigenvalue weighted by Gasteiger charge is 2.06. The third kappa shape index (κ3) is 4.80. The summed E-state index contributed by atoms with van der Waals surface area (Å²) in [7, 11) is 5.85. The largest absolute Gasteiger partial charge is 0.353 e. The third-order valence-corrected chi connectivity index (χ3v) is 2.43. The van der Waals surface area contributed by atoms with Gasteiger partial charge in [-0.05, 0) is 12.1 Å². The molecule has 0 aliphatic carbocycles. The molecule has 1 N–H and O–H groups in total. The number of hydrogen-bond donors (Lipinski definition) is 1. The molecule has 0 saturated carbocycles. The minimum Gasteiger partial charge on any atom is -0.353 e. The summed E-state index contributed by atoms with van der Waals surface area (Å²) in [6, 6.07) is 4.15. The van der Waals surface area contributed by atoms with Crippen molar-refractivity contribution in [2.45, 2.75) is 6.54 Å². The Kier molecular flexibility index (Phi) is 7.69. The fourth-order valence-corrected chi connectivity index (χ4v) is 1.53. The second kappa shape index (κ2) is 8.16. The molecule has 0 aromatic carbocycles. The van der Waals surface area contributed by atoms with E-state index in [1.807, 2.05) is 32.4 Å². The van der Waals surface area contributed by atoms with E-state index in [0.717, 1.165) is 19.0 Å². The molecule has 1 heterocycles. The van der Waals surface area contributed by atoms with E-state index in [-0.39, 0.29) is 24.0 Å². The number of guanidine groups is 1. The van der Waals surface area contributed by atoms with Crippen LogP contribution >= 0.6 is 24.0 Å². The Labute approximate surface area is 120 Å². The lowest BCUT2D eigenvalue weighted by Crippen LogP contribution is -2.38. The fourth-order valence-electron chi connectivity index (χ4n) is 1.53. The van der Waals surface area contributed by atoms with Crippen molar-refractivity contribution in [2.75, 3.05) is 20.6 Å². The topological polar surface area (TPSA) is 32.6 Å². The SMILES string of the molecule is C=CCNC(=NC)N(C)Cc1cccn1C.I. The van der Waals surface area contributed by atoms with Gasteiger partial charge in [-0.1, -0.05) is 6.08 Å². The summed E-state index contributed by atoms with van der Waals surface area (Å²) in [5.74, 6) is 0.876. The molecule has 0 fully saturated rings. The average molecular weight is 348 g/mol. The smallest absolute Gasteiger partial charge is 0.193 e. The molecule has 5 heteroatoms. The Morgan fingerprint density at radius 3 is 2.82 bits per heavy atom. The number of hydrogen-bond acceptors (Lipinski definition) is 1. The molecule has 0 spiro atoms. The highest BCUT2D eigenvalue weighted by molar-refractivity contribution is 14.0. The minimum atomic E-state index is 0. The second-order valence-corrected chi connectivity index (χ2v) is 3.68. The zero-order chi connectivity index (χ0) is 12.0. The van der Waals surface area contributed by atoms with Gasteiger partial charge in [0.2, 0.25) is 0 Å². The minimum absolute atomic E-state index is 0. The standard InChI is InChI=1S/C12H20N4.HI/c1-5-8-14-12(13-2)16(4)10-11-7-6-9-15(11)3;/h5-7,9H,1,8,10H2,2-4H3,(H,13,14);1H. The molecular weight excluding hydrogens is 327 g/mol. The van der Waals surface area contributed by atoms with Crippen molar-refractivity contribution >= 4 is 29.9 Å². The maximum atomic E-state index is 4.21. The summed E-state index contributed by atoms with van der Waals surface area (Å²) in [5, 5.41) is 3.20. The van der Waals surface area contributed by atoms with Crippen LogP contribution in [0.2, 0.25) is 0 Å². The number of aliphatic imine (C=N–C) groups is 1. The van der Waals surface area contributed by atoms with E-state index >= 15 is 0 Å². The molecule has 0 aliphatic rings. The van der Waals surface area contributed by atoms with Crippen molar-refractivity contribution in [3.63, 3.8) is 0 Å². The molecule has 4 nitrogen and oxygen atoms in total. The first-order valence-corrected chi connectivity index (χ1v) is 5.32. The van der Waals surface area contributed by atoms with E-state index in [0.29, 0.717) is 0 Å². The first kappa shape index (κ1) is 16.0. The molecule has 0 amide bonds. The Balaban J connectivity index is 0.00000256. The predicted molar refractivity (Wildman–Crippen MR) is 83.9 cm³/mol. The predicted octanol–water partition coefficient (Wildman–Crippen LogP) is 1.84. The van der Waals surface area contributed by atoms with Gasteiger partial charge in [-0.25, -0.2) is 0 Å². The van der Waals surface area contributed by atoms with E-state index in [1.54, 1.807) is 7.05 Å². The summed E-state index contributed by atoms with van der Waals surface area (Å²) in [5.41, 5.74) is 1.25. The highest BCUT2D eigenvalue weighted by atomic mass is 127. The van der Waals surface area contributed by atoms with E-state index in [9.17, 15) is 0 Å². The van der Waals surface area contributed by atoms with Crippen molar-refractivity contribution in [2.24, 2.45) is 12.0 Å². The fraction of sp³-hybridized carbons (Fsp3) is 0.417. The van der Waals surface area contributed by atoms with E-state index in [4.69, 9.17) is 0 Å². The summed E-state index contributed by atoms with van der Waals surface area (Å²) in [4.78, 5) is 6.29. The number of nitrogens with zero attached hydrogens (tertiary/aromatic N) is 3. The number of rotatable bonds is 4. The van der Waals surface area contributed by atoms with Crippen molar-refractivity contribution in [1.29, 1.82) is 0 Å². The summed E-state index contributed by atoms with van der Waals surface area (Å²) in [6.45, 7) is 5.24. The molecule has 1 aromatic rings. The van der Waals surface area contributed by atoms with Crippen LogP contribution in [-0.4, -0.2) is 36.1 Å². The Hall–Kier alpha value is -0.980. The average Bonchev–Trinajstić information content (AvgIpc) is 2.65. The van der Waals surface area contributed by atoms with Gasteiger partial charge in [-0.3, -0.25) is 4.99 Å². The lowest BCUT2D eigenvalue weighted by molar-refractivity contribution is 0.465. The maximum Gasteiger partial charge on any atom is 0.193 e. The number of aryl methyl sites for hydroxylation is 1. The van der Waals surface area contributed by atoms with Crippen molar-refractivity contribution in [1.82, 2.24) is 14.8 Å². The molecule has 0 bridgehead atoms. The first-order valence-electron chi connectivity index (χ1n) is 5.32. The molecular formula is C12H21IN4. The van der Waals surface area contributed by atoms with Crippen LogP contribution in [0.3, 0.4) is 0 Å². The number of nitrogens with one attached hydrogen (secondary N) is 1. The quantitative estimate of drug-likeness (QED) is 0.390. The van der Waals surface area contributed by atoms with Crippen LogP contribution in [-0.2, 0) is 13.6 Å². The molecule has 0 atom stereocenters. The van der Waals surface area contributed by atoms with Crippen molar-refractivity contribution < 1.29 is 0 Å². The molecule has 0 aliphatic heterocycles. The second-order valence-electron chi connectivity index (χ2n) is 3.68. The Morgan fingerprint density at radius 1 is 1.65 bits per heavy atom. The lowest BCUT2D eigenvalue weighted by Gasteiger charge is -2.21. The van der Waals surface area contributed by atoms with Crippen LogP contribution in [0.4, 0.5) is 0 Å². The molecule has 0 saturated heterocycles. The summed E-state index contributed by atoms with van der Waals surface area (Å²) < 4.78 is 2.11. The van der Waals surface area contributed by atoms with Gasteiger partial charge in [0.05, 0.1) is 6.54 Å². The van der Waals surface area contributed by atoms with Gasteiger partial charge in [-0.15, -0.1) is 30.6 Å². The van der Waals surface area contributed by atoms with Gasteiger partial charge in [0, 0.05) is 39.6 Å². The lowest BCUT2D eigenvalue weighted by atomic mass is 10.4. The van der Waals surface area contributed by atoms with Crippen LogP contribution in [0.1, 0.15) is 5.69 Å². The molecule has 0 unspecified atom stereocenters. The zero-order valence-corrected chi connectivity index (χ0v) is 13.0. The number of halogens is 1. The Bertz CT molecular complexity index is 370. The molecule has 96 valence electrons. The van der Waals surface area contributed by atoms with Gasteiger partial charge in [0.1, 0.15) is 0 Å². The van der Waals surface area contributed by atoms with Crippen molar-refractivity contribution in [3.8, 4) is 0 Å². The van der Waals surface area contributed by atoms with E-state index in [2.05, 4.69) is 32.4 Å². The molecule has 1 aromatic heterocycles. The van der Waals surface area contributed by atoms with Gasteiger partial charge < -0.3 is 14.8 Å². The van der Waals surface area contributed by atoms with Crippen LogP contribution in [0.25, 0.3) is 0 Å². The van der Waals surface area contributed by atoms with Crippen LogP contribution in [0.15, 0.2) is 36.0 Å². The maximum absolute atomic E-state index is 4.21. The third-order valence-electron chi connectivity index (χ3n) is 2.43. The van der Waals surface area contributed by atoms with Crippen LogP contribution < -0.4 is 5.32 Å². The Morgan fingerprint density at radius 2 is 2.35 bits per heavy atom. The zero-order valence-electron chi connectivity index (χ0n) is 10.7. The monoisotopic (exact) mass is 348 g/mol. The normalized spacial score (nSPS) is 10.6. The summed E-state index contributed by atoms with van der Waals surface area (Å²) in [6.07, 6.45) is 3.87.